The zero-order valence-electron chi connectivity index (χ0n) is 11.8. The number of carbonyl (C=O) groups excluding carboxylic acids is 1. The largest absolute Gasteiger partial charge is 0.368 e. The Morgan fingerprint density at radius 1 is 1.27 bits per heavy atom. The molecule has 0 aliphatic heterocycles. The third-order valence-electron chi connectivity index (χ3n) is 3.35. The van der Waals surface area contributed by atoms with Crippen LogP contribution in [0.3, 0.4) is 0 Å². The molecule has 3 aromatic heterocycles. The molecule has 3 aromatic rings. The molecule has 0 unspecified atom stereocenters. The van der Waals surface area contributed by atoms with Crippen molar-refractivity contribution in [2.24, 2.45) is 0 Å². The summed E-state index contributed by atoms with van der Waals surface area (Å²) in [5.74, 6) is -0.361. The van der Waals surface area contributed by atoms with Crippen molar-refractivity contribution in [1.29, 1.82) is 0 Å². The van der Waals surface area contributed by atoms with Crippen LogP contribution in [0.2, 0.25) is 10.2 Å². The van der Waals surface area contributed by atoms with E-state index in [9.17, 15) is 4.79 Å². The predicted molar refractivity (Wildman–Crippen MR) is 85.4 cm³/mol. The van der Waals surface area contributed by atoms with Gasteiger partial charge in [-0.1, -0.05) is 23.2 Å². The quantitative estimate of drug-likeness (QED) is 0.690. The molecule has 112 valence electrons. The number of anilines is 1. The van der Waals surface area contributed by atoms with Crippen molar-refractivity contribution in [1.82, 2.24) is 19.5 Å². The Hall–Kier alpha value is -2.18. The summed E-state index contributed by atoms with van der Waals surface area (Å²) in [6, 6.07) is 1.65. The number of halogens is 2. The van der Waals surface area contributed by atoms with Gasteiger partial charge in [0, 0.05) is 12.4 Å². The minimum Gasteiger partial charge on any atom is -0.368 e. The van der Waals surface area contributed by atoms with E-state index in [0.717, 1.165) is 5.56 Å². The summed E-state index contributed by atoms with van der Waals surface area (Å²) in [7, 11) is 0. The highest BCUT2D eigenvalue weighted by Gasteiger charge is 2.19. The van der Waals surface area contributed by atoms with E-state index in [-0.39, 0.29) is 22.7 Å². The van der Waals surface area contributed by atoms with E-state index in [4.69, 9.17) is 28.9 Å². The van der Waals surface area contributed by atoms with E-state index in [1.54, 1.807) is 25.4 Å². The lowest BCUT2D eigenvalue weighted by Gasteiger charge is -2.09. The number of nitrogens with two attached hydrogens (primary N) is 1. The maximum absolute atomic E-state index is 12.7. The smallest absolute Gasteiger partial charge is 0.282 e. The number of aromatic nitrogens is 4. The molecule has 8 heteroatoms. The van der Waals surface area contributed by atoms with E-state index in [2.05, 4.69) is 15.0 Å². The molecule has 0 saturated heterocycles. The van der Waals surface area contributed by atoms with Crippen molar-refractivity contribution in [2.45, 2.75) is 13.8 Å². The van der Waals surface area contributed by atoms with Crippen LogP contribution < -0.4 is 5.73 Å². The summed E-state index contributed by atoms with van der Waals surface area (Å²) in [4.78, 5) is 24.8. The van der Waals surface area contributed by atoms with Gasteiger partial charge < -0.3 is 5.73 Å². The summed E-state index contributed by atoms with van der Waals surface area (Å²) in [6.45, 7) is 3.58. The summed E-state index contributed by atoms with van der Waals surface area (Å²) >= 11 is 12.2. The summed E-state index contributed by atoms with van der Waals surface area (Å²) in [6.07, 6.45) is 3.12. The Bertz CT molecular complexity index is 919. The topological polar surface area (TPSA) is 86.7 Å². The highest BCUT2D eigenvalue weighted by atomic mass is 35.5. The molecular formula is C14H11Cl2N5O. The molecule has 0 fully saturated rings. The molecule has 0 radical (unpaired) electrons. The fourth-order valence-corrected chi connectivity index (χ4v) is 2.57. The van der Waals surface area contributed by atoms with Gasteiger partial charge in [0.25, 0.3) is 5.91 Å². The minimum atomic E-state index is -0.358. The van der Waals surface area contributed by atoms with Crippen LogP contribution in [0.25, 0.3) is 11.0 Å². The van der Waals surface area contributed by atoms with Crippen molar-refractivity contribution in [3.05, 3.63) is 45.5 Å². The van der Waals surface area contributed by atoms with Crippen molar-refractivity contribution < 1.29 is 4.79 Å². The summed E-state index contributed by atoms with van der Waals surface area (Å²) in [5, 5.41) is 1.25. The van der Waals surface area contributed by atoms with Gasteiger partial charge in [-0.25, -0.2) is 4.98 Å². The van der Waals surface area contributed by atoms with Crippen molar-refractivity contribution in [3.63, 3.8) is 0 Å². The SMILES string of the molecule is Cc1cnc(C(=O)n2ccc3c(Cl)nc(N)nc32)c(C)c1Cl. The van der Waals surface area contributed by atoms with Gasteiger partial charge in [-0.05, 0) is 31.0 Å². The highest BCUT2D eigenvalue weighted by molar-refractivity contribution is 6.34. The van der Waals surface area contributed by atoms with Gasteiger partial charge in [0.1, 0.15) is 10.8 Å². The third-order valence-corrected chi connectivity index (χ3v) is 4.22. The molecule has 6 nitrogen and oxygen atoms in total. The highest BCUT2D eigenvalue weighted by Crippen LogP contribution is 2.25. The van der Waals surface area contributed by atoms with Crippen LogP contribution in [0.1, 0.15) is 21.6 Å². The Kier molecular flexibility index (Phi) is 3.50. The first-order valence-electron chi connectivity index (χ1n) is 6.36. The standard InChI is InChI=1S/C14H11Cl2N5O/c1-6-5-18-10(7(2)9(6)15)13(22)21-4-3-8-11(16)19-14(17)20-12(8)21/h3-5H,1-2H3,(H2,17,19,20). The van der Waals surface area contributed by atoms with Gasteiger partial charge in [-0.15, -0.1) is 0 Å². The number of carbonyl (C=O) groups is 1. The van der Waals surface area contributed by atoms with E-state index in [0.29, 0.717) is 21.6 Å². The van der Waals surface area contributed by atoms with Crippen LogP contribution in [-0.2, 0) is 0 Å². The maximum atomic E-state index is 12.7. The number of hydrogen-bond acceptors (Lipinski definition) is 5. The van der Waals surface area contributed by atoms with Crippen LogP contribution in [0, 0.1) is 13.8 Å². The zero-order valence-corrected chi connectivity index (χ0v) is 13.3. The van der Waals surface area contributed by atoms with Crippen LogP contribution >= 0.6 is 23.2 Å². The fourth-order valence-electron chi connectivity index (χ4n) is 2.20. The molecular weight excluding hydrogens is 325 g/mol. The second-order valence-corrected chi connectivity index (χ2v) is 5.57. The van der Waals surface area contributed by atoms with Gasteiger partial charge in [0.15, 0.2) is 5.65 Å². The molecule has 0 saturated carbocycles. The molecule has 3 heterocycles. The van der Waals surface area contributed by atoms with E-state index in [1.807, 2.05) is 6.92 Å². The molecule has 0 bridgehead atoms. The number of fused-ring (bicyclic) bond motifs is 1. The molecule has 0 aliphatic rings. The monoisotopic (exact) mass is 335 g/mol. The summed E-state index contributed by atoms with van der Waals surface area (Å²) < 4.78 is 1.33. The van der Waals surface area contributed by atoms with Crippen LogP contribution in [0.4, 0.5) is 5.95 Å². The molecule has 0 aliphatic carbocycles. The number of nitrogens with zero attached hydrogens (tertiary/aromatic N) is 4. The lowest BCUT2D eigenvalue weighted by Crippen LogP contribution is -2.15. The molecule has 0 amide bonds. The molecule has 2 N–H and O–H groups in total. The molecule has 22 heavy (non-hydrogen) atoms. The third kappa shape index (κ3) is 2.20. The van der Waals surface area contributed by atoms with Gasteiger partial charge in [-0.2, -0.15) is 4.98 Å². The fraction of sp³-hybridized carbons (Fsp3) is 0.143. The average Bonchev–Trinajstić information content (AvgIpc) is 2.88. The Labute approximate surface area is 135 Å². The lowest BCUT2D eigenvalue weighted by molar-refractivity contribution is 0.0959. The van der Waals surface area contributed by atoms with Gasteiger partial charge in [-0.3, -0.25) is 14.3 Å². The first-order valence-corrected chi connectivity index (χ1v) is 7.12. The Balaban J connectivity index is 2.20. The van der Waals surface area contributed by atoms with E-state index < -0.39 is 0 Å². The predicted octanol–water partition coefficient (Wildman–Crippen LogP) is 3.02. The molecule has 3 rings (SSSR count). The van der Waals surface area contributed by atoms with Gasteiger partial charge >= 0.3 is 0 Å². The molecule has 0 spiro atoms. The average molecular weight is 336 g/mol. The number of aryl methyl sites for hydroxylation is 1. The first-order chi connectivity index (χ1) is 10.4. The van der Waals surface area contributed by atoms with Gasteiger partial charge in [0.2, 0.25) is 5.95 Å². The van der Waals surface area contributed by atoms with Crippen molar-refractivity contribution >= 4 is 46.1 Å². The molecule has 0 aromatic carbocycles. The first kappa shape index (κ1) is 14.7. The zero-order chi connectivity index (χ0) is 16.0. The van der Waals surface area contributed by atoms with E-state index in [1.165, 1.54) is 4.57 Å². The number of pyridine rings is 1. The van der Waals surface area contributed by atoms with Crippen LogP contribution in [-0.4, -0.2) is 25.4 Å². The summed E-state index contributed by atoms with van der Waals surface area (Å²) in [5.41, 5.74) is 7.60. The van der Waals surface area contributed by atoms with Crippen LogP contribution in [0.5, 0.6) is 0 Å². The minimum absolute atomic E-state index is 0.00290. The van der Waals surface area contributed by atoms with Gasteiger partial charge in [0.05, 0.1) is 10.4 Å². The lowest BCUT2D eigenvalue weighted by atomic mass is 10.1. The number of nitrogen functional groups attached to an aromatic ring is 1. The van der Waals surface area contributed by atoms with E-state index >= 15 is 0 Å². The number of hydrogen-bond donors (Lipinski definition) is 1. The Morgan fingerprint density at radius 3 is 2.73 bits per heavy atom. The van der Waals surface area contributed by atoms with Crippen LogP contribution in [0.15, 0.2) is 18.5 Å². The Morgan fingerprint density at radius 2 is 2.00 bits per heavy atom. The van der Waals surface area contributed by atoms with Crippen molar-refractivity contribution in [3.8, 4) is 0 Å². The second-order valence-electron chi connectivity index (χ2n) is 4.83. The normalized spacial score (nSPS) is 11.1. The molecule has 0 atom stereocenters. The van der Waals surface area contributed by atoms with Crippen molar-refractivity contribution in [2.75, 3.05) is 5.73 Å². The second kappa shape index (κ2) is 5.23. The maximum Gasteiger partial charge on any atom is 0.282 e. The number of rotatable bonds is 1.